The van der Waals surface area contributed by atoms with Gasteiger partial charge in [-0.25, -0.2) is 5.43 Å². The van der Waals surface area contributed by atoms with Gasteiger partial charge < -0.3 is 15.4 Å². The van der Waals surface area contributed by atoms with E-state index in [2.05, 4.69) is 34.2 Å². The van der Waals surface area contributed by atoms with E-state index in [-0.39, 0.29) is 30.2 Å². The molecule has 10 nitrogen and oxygen atoms in total. The first-order valence-corrected chi connectivity index (χ1v) is 13.5. The second kappa shape index (κ2) is 13.8. The number of ether oxygens (including phenoxy) is 1. The number of benzene rings is 1. The number of aromatic nitrogens is 1. The summed E-state index contributed by atoms with van der Waals surface area (Å²) in [7, 11) is 0. The summed E-state index contributed by atoms with van der Waals surface area (Å²) in [6, 6.07) is 6.11. The fraction of sp³-hybridized carbons (Fsp3) is 0.433. The molecule has 0 spiro atoms. The lowest BCUT2D eigenvalue weighted by Gasteiger charge is -2.35. The summed E-state index contributed by atoms with van der Waals surface area (Å²) < 4.78 is 5.27. The number of fused-ring (bicyclic) bond motifs is 1. The van der Waals surface area contributed by atoms with Gasteiger partial charge in [-0.2, -0.15) is 0 Å². The van der Waals surface area contributed by atoms with Gasteiger partial charge in [0.1, 0.15) is 12.1 Å². The summed E-state index contributed by atoms with van der Waals surface area (Å²) >= 11 is 0. The number of esters is 1. The molecule has 2 heterocycles. The Hall–Kier alpha value is -4.05. The molecule has 10 heteroatoms. The first kappa shape index (κ1) is 30.5. The van der Waals surface area contributed by atoms with E-state index in [0.29, 0.717) is 19.4 Å². The summed E-state index contributed by atoms with van der Waals surface area (Å²) in [5.41, 5.74) is 4.73. The van der Waals surface area contributed by atoms with E-state index < -0.39 is 30.1 Å². The smallest absolute Gasteiger partial charge is 0.310 e. The van der Waals surface area contributed by atoms with Crippen LogP contribution in [-0.2, 0) is 23.9 Å². The number of amides is 3. The number of hydrogen-bond acceptors (Lipinski definition) is 7. The Morgan fingerprint density at radius 1 is 1.12 bits per heavy atom. The Balaban J connectivity index is 1.59. The summed E-state index contributed by atoms with van der Waals surface area (Å²) in [5.74, 6) is -2.02. The van der Waals surface area contributed by atoms with Crippen molar-refractivity contribution in [2.45, 2.75) is 71.2 Å². The molecule has 0 bridgehead atoms. The molecule has 1 aliphatic heterocycles. The second-order valence-corrected chi connectivity index (χ2v) is 10.3. The van der Waals surface area contributed by atoms with Gasteiger partial charge in [0, 0.05) is 18.1 Å². The maximum absolute atomic E-state index is 13.1. The Morgan fingerprint density at radius 3 is 2.55 bits per heavy atom. The van der Waals surface area contributed by atoms with Gasteiger partial charge in [0.2, 0.25) is 5.91 Å². The van der Waals surface area contributed by atoms with Crippen LogP contribution in [0.25, 0.3) is 16.8 Å². The Kier molecular flexibility index (Phi) is 10.6. The molecule has 214 valence electrons. The maximum Gasteiger partial charge on any atom is 0.310 e. The fourth-order valence-corrected chi connectivity index (χ4v) is 4.48. The van der Waals surface area contributed by atoms with Gasteiger partial charge >= 0.3 is 5.97 Å². The van der Waals surface area contributed by atoms with Crippen molar-refractivity contribution >= 4 is 40.5 Å². The second-order valence-electron chi connectivity index (χ2n) is 10.3. The van der Waals surface area contributed by atoms with E-state index in [1.165, 1.54) is 11.1 Å². The average molecular weight is 550 g/mol. The van der Waals surface area contributed by atoms with Crippen LogP contribution in [0.2, 0.25) is 0 Å². The summed E-state index contributed by atoms with van der Waals surface area (Å²) in [5, 5.41) is 9.04. The van der Waals surface area contributed by atoms with Gasteiger partial charge in [0.15, 0.2) is 6.10 Å². The van der Waals surface area contributed by atoms with Crippen LogP contribution >= 0.6 is 0 Å². The van der Waals surface area contributed by atoms with Crippen molar-refractivity contribution in [1.29, 1.82) is 0 Å². The first-order valence-electron chi connectivity index (χ1n) is 13.5. The Bertz CT molecular complexity index is 1280. The van der Waals surface area contributed by atoms with Crippen molar-refractivity contribution in [3.05, 3.63) is 61.0 Å². The molecule has 1 aliphatic rings. The number of carbonyl (C=O) groups excluding carboxylic acids is 4. The first-order chi connectivity index (χ1) is 19.0. The molecular formula is C30H39N5O5. The van der Waals surface area contributed by atoms with Gasteiger partial charge in [-0.15, -0.1) is 6.58 Å². The predicted molar refractivity (Wildman–Crippen MR) is 153 cm³/mol. The molecule has 3 rings (SSSR count). The lowest BCUT2D eigenvalue weighted by molar-refractivity contribution is -0.158. The van der Waals surface area contributed by atoms with Crippen LogP contribution in [0.3, 0.4) is 0 Å². The lowest BCUT2D eigenvalue weighted by atomic mass is 10.0. The number of hydrogen-bond donors (Lipinski definition) is 3. The van der Waals surface area contributed by atoms with Gasteiger partial charge in [-0.05, 0) is 61.8 Å². The highest BCUT2D eigenvalue weighted by Crippen LogP contribution is 2.21. The topological polar surface area (TPSA) is 130 Å². The average Bonchev–Trinajstić information content (AvgIpc) is 2.94. The molecule has 40 heavy (non-hydrogen) atoms. The van der Waals surface area contributed by atoms with Crippen molar-refractivity contribution < 1.29 is 23.9 Å². The highest BCUT2D eigenvalue weighted by atomic mass is 16.5. The monoisotopic (exact) mass is 549 g/mol. The summed E-state index contributed by atoms with van der Waals surface area (Å²) in [6.07, 6.45) is 5.01. The molecule has 1 saturated heterocycles. The standard InChI is InChI=1S/C30H39N5O5/c1-7-10-26(36)40-27(18(3)4)29(38)33-20(6)30(39)35-14-9-11-25(34-35)28(37)32-19(5)21-12-13-22-17-31-24(8-2)16-23(22)15-21/h7-8,12-13,15-20,25,27,34H,1-2,9-11,14H2,3-6H3,(H,32,37)(H,33,38). The highest BCUT2D eigenvalue weighted by Gasteiger charge is 2.33. The van der Waals surface area contributed by atoms with E-state index in [4.69, 9.17) is 4.74 Å². The van der Waals surface area contributed by atoms with Crippen molar-refractivity contribution in [1.82, 2.24) is 26.1 Å². The number of nitrogens with zero attached hydrogens (tertiary/aromatic N) is 2. The largest absolute Gasteiger partial charge is 0.452 e. The number of nitrogens with one attached hydrogen (secondary N) is 3. The van der Waals surface area contributed by atoms with Gasteiger partial charge in [-0.3, -0.25) is 29.2 Å². The zero-order valence-electron chi connectivity index (χ0n) is 23.6. The van der Waals surface area contributed by atoms with Crippen LogP contribution in [0, 0.1) is 5.92 Å². The highest BCUT2D eigenvalue weighted by molar-refractivity contribution is 5.91. The maximum atomic E-state index is 13.1. The molecule has 0 saturated carbocycles. The SMILES string of the molecule is C=CCC(=O)OC(C(=O)NC(C)C(=O)N1CCCC(C(=O)NC(C)c2ccc3cnc(C=C)cc3c2)N1)C(C)C. The molecule has 3 N–H and O–H groups in total. The normalized spacial score (nSPS) is 17.4. The lowest BCUT2D eigenvalue weighted by Crippen LogP contribution is -2.61. The minimum absolute atomic E-state index is 0.0145. The number of rotatable bonds is 11. The number of pyridine rings is 1. The van der Waals surface area contributed by atoms with Crippen molar-refractivity contribution in [2.75, 3.05) is 6.54 Å². The number of carbonyl (C=O) groups is 4. The van der Waals surface area contributed by atoms with Crippen LogP contribution in [0.4, 0.5) is 0 Å². The molecule has 2 aromatic rings. The molecular weight excluding hydrogens is 510 g/mol. The summed E-state index contributed by atoms with van der Waals surface area (Å²) in [6.45, 7) is 14.6. The number of hydrazine groups is 1. The van der Waals surface area contributed by atoms with Crippen LogP contribution < -0.4 is 16.1 Å². The molecule has 1 aromatic carbocycles. The van der Waals surface area contributed by atoms with Gasteiger partial charge in [-0.1, -0.05) is 38.6 Å². The van der Waals surface area contributed by atoms with E-state index >= 15 is 0 Å². The zero-order valence-corrected chi connectivity index (χ0v) is 23.6. The van der Waals surface area contributed by atoms with E-state index in [0.717, 1.165) is 22.0 Å². The van der Waals surface area contributed by atoms with E-state index in [1.807, 2.05) is 31.2 Å². The van der Waals surface area contributed by atoms with Crippen molar-refractivity contribution in [3.8, 4) is 0 Å². The van der Waals surface area contributed by atoms with Crippen LogP contribution in [0.5, 0.6) is 0 Å². The molecule has 4 unspecified atom stereocenters. The van der Waals surface area contributed by atoms with Crippen LogP contribution in [-0.4, -0.2) is 58.4 Å². The molecule has 3 amide bonds. The van der Waals surface area contributed by atoms with E-state index in [9.17, 15) is 19.2 Å². The third-order valence-corrected chi connectivity index (χ3v) is 6.77. The third kappa shape index (κ3) is 7.75. The molecule has 4 atom stereocenters. The third-order valence-electron chi connectivity index (χ3n) is 6.77. The molecule has 1 fully saturated rings. The molecule has 0 radical (unpaired) electrons. The summed E-state index contributed by atoms with van der Waals surface area (Å²) in [4.78, 5) is 55.2. The zero-order chi connectivity index (χ0) is 29.4. The molecule has 1 aromatic heterocycles. The van der Waals surface area contributed by atoms with E-state index in [1.54, 1.807) is 33.0 Å². The minimum atomic E-state index is -1.04. The Morgan fingerprint density at radius 2 is 1.88 bits per heavy atom. The fourth-order valence-electron chi connectivity index (χ4n) is 4.48. The van der Waals surface area contributed by atoms with Gasteiger partial charge in [0.25, 0.3) is 11.8 Å². The van der Waals surface area contributed by atoms with Crippen LogP contribution in [0.1, 0.15) is 64.3 Å². The van der Waals surface area contributed by atoms with Crippen molar-refractivity contribution in [2.24, 2.45) is 5.92 Å². The van der Waals surface area contributed by atoms with Crippen molar-refractivity contribution in [3.63, 3.8) is 0 Å². The predicted octanol–water partition coefficient (Wildman–Crippen LogP) is 3.20. The van der Waals surface area contributed by atoms with Gasteiger partial charge in [0.05, 0.1) is 18.2 Å². The minimum Gasteiger partial charge on any atom is -0.452 e. The van der Waals surface area contributed by atoms with Crippen LogP contribution in [0.15, 0.2) is 49.7 Å². The quantitative estimate of drug-likeness (QED) is 0.290. The Labute approximate surface area is 235 Å². The molecule has 0 aliphatic carbocycles.